The Kier molecular flexibility index (Phi) is 3.78. The Morgan fingerprint density at radius 1 is 0.833 bits per heavy atom. The summed E-state index contributed by atoms with van der Waals surface area (Å²) in [6, 6.07) is 15.2. The fraction of sp³-hybridized carbons (Fsp3) is 0.143. The van der Waals surface area contributed by atoms with Gasteiger partial charge in [-0.25, -0.2) is 8.42 Å². The molecule has 2 rings (SSSR count). The summed E-state index contributed by atoms with van der Waals surface area (Å²) in [5.41, 5.74) is 1.23. The van der Waals surface area contributed by atoms with E-state index in [0.29, 0.717) is 4.90 Å². The van der Waals surface area contributed by atoms with Gasteiger partial charge in [0.1, 0.15) is 0 Å². The predicted molar refractivity (Wildman–Crippen MR) is 74.9 cm³/mol. The molecule has 0 bridgehead atoms. The number of sulfone groups is 1. The van der Waals surface area contributed by atoms with Crippen molar-refractivity contribution in [3.8, 4) is 0 Å². The minimum absolute atomic E-state index is 0.357. The van der Waals surface area contributed by atoms with E-state index in [1.165, 1.54) is 11.8 Å². The minimum atomic E-state index is -3.11. The summed E-state index contributed by atoms with van der Waals surface area (Å²) >= 11 is 1.62. The van der Waals surface area contributed by atoms with E-state index in [1.807, 2.05) is 12.1 Å². The predicted octanol–water partition coefficient (Wildman–Crippen LogP) is 3.55. The first-order chi connectivity index (χ1) is 8.45. The zero-order chi connectivity index (χ0) is 13.2. The second kappa shape index (κ2) is 5.16. The van der Waals surface area contributed by atoms with Gasteiger partial charge < -0.3 is 0 Å². The van der Waals surface area contributed by atoms with Crippen LogP contribution in [0.4, 0.5) is 0 Å². The smallest absolute Gasteiger partial charge is 0.175 e. The third-order valence-corrected chi connectivity index (χ3v) is 4.65. The molecule has 2 nitrogen and oxygen atoms in total. The highest BCUT2D eigenvalue weighted by atomic mass is 32.2. The number of benzene rings is 2. The number of hydrogen-bond donors (Lipinski definition) is 0. The zero-order valence-corrected chi connectivity index (χ0v) is 11.9. The average Bonchev–Trinajstić information content (AvgIpc) is 2.32. The van der Waals surface area contributed by atoms with Crippen LogP contribution in [-0.2, 0) is 9.84 Å². The molecule has 0 radical (unpaired) electrons. The lowest BCUT2D eigenvalue weighted by Gasteiger charge is -2.03. The Morgan fingerprint density at radius 2 is 1.28 bits per heavy atom. The number of aryl methyl sites for hydroxylation is 1. The highest BCUT2D eigenvalue weighted by Crippen LogP contribution is 2.28. The highest BCUT2D eigenvalue weighted by molar-refractivity contribution is 7.99. The van der Waals surface area contributed by atoms with Crippen LogP contribution in [0.2, 0.25) is 0 Å². The summed E-state index contributed by atoms with van der Waals surface area (Å²) in [6.45, 7) is 2.05. The van der Waals surface area contributed by atoms with Gasteiger partial charge in [0.2, 0.25) is 0 Å². The van der Waals surface area contributed by atoms with Gasteiger partial charge in [0.05, 0.1) is 4.90 Å². The second-order valence-corrected chi connectivity index (χ2v) is 7.32. The van der Waals surface area contributed by atoms with Crippen molar-refractivity contribution in [3.05, 3.63) is 54.1 Å². The molecule has 0 N–H and O–H groups in total. The molecule has 0 aliphatic heterocycles. The van der Waals surface area contributed by atoms with Gasteiger partial charge in [-0.2, -0.15) is 0 Å². The van der Waals surface area contributed by atoms with Crippen molar-refractivity contribution in [1.29, 1.82) is 0 Å². The molecule has 0 aromatic heterocycles. The first kappa shape index (κ1) is 13.2. The van der Waals surface area contributed by atoms with Crippen LogP contribution in [0.25, 0.3) is 0 Å². The maximum Gasteiger partial charge on any atom is 0.175 e. The summed E-state index contributed by atoms with van der Waals surface area (Å²) in [5, 5.41) is 0. The van der Waals surface area contributed by atoms with E-state index in [1.54, 1.807) is 23.9 Å². The standard InChI is InChI=1S/C14H14O2S2/c1-11-3-5-12(6-4-11)17-13-7-9-14(10-8-13)18(2,15)16/h3-10H,1-2H3. The molecule has 94 valence electrons. The van der Waals surface area contributed by atoms with Crippen LogP contribution < -0.4 is 0 Å². The molecule has 0 fully saturated rings. The molecule has 0 unspecified atom stereocenters. The van der Waals surface area contributed by atoms with Gasteiger partial charge in [-0.05, 0) is 43.3 Å². The summed E-state index contributed by atoms with van der Waals surface area (Å²) < 4.78 is 22.7. The van der Waals surface area contributed by atoms with Crippen LogP contribution >= 0.6 is 11.8 Å². The lowest BCUT2D eigenvalue weighted by Crippen LogP contribution is -1.95. The molecular weight excluding hydrogens is 264 g/mol. The largest absolute Gasteiger partial charge is 0.224 e. The maximum absolute atomic E-state index is 11.3. The molecule has 18 heavy (non-hydrogen) atoms. The molecule has 0 saturated heterocycles. The van der Waals surface area contributed by atoms with Gasteiger partial charge in [0.15, 0.2) is 9.84 Å². The SMILES string of the molecule is Cc1ccc(Sc2ccc(S(C)(=O)=O)cc2)cc1. The molecule has 0 heterocycles. The Morgan fingerprint density at radius 3 is 1.72 bits per heavy atom. The molecule has 2 aromatic rings. The molecule has 0 aliphatic carbocycles. The van der Waals surface area contributed by atoms with Crippen molar-refractivity contribution in [2.75, 3.05) is 6.26 Å². The van der Waals surface area contributed by atoms with Crippen molar-refractivity contribution >= 4 is 21.6 Å². The normalized spacial score (nSPS) is 11.4. The molecule has 0 spiro atoms. The fourth-order valence-electron chi connectivity index (χ4n) is 1.50. The maximum atomic E-state index is 11.3. The first-order valence-corrected chi connectivity index (χ1v) is 8.20. The first-order valence-electron chi connectivity index (χ1n) is 5.50. The van der Waals surface area contributed by atoms with E-state index in [9.17, 15) is 8.42 Å². The van der Waals surface area contributed by atoms with Crippen LogP contribution in [0.5, 0.6) is 0 Å². The Balaban J connectivity index is 2.18. The number of hydrogen-bond acceptors (Lipinski definition) is 3. The van der Waals surface area contributed by atoms with Gasteiger partial charge >= 0.3 is 0 Å². The Labute approximate surface area is 112 Å². The van der Waals surface area contributed by atoms with E-state index in [-0.39, 0.29) is 0 Å². The molecule has 0 saturated carbocycles. The van der Waals surface area contributed by atoms with E-state index < -0.39 is 9.84 Å². The second-order valence-electron chi connectivity index (χ2n) is 4.16. The summed E-state index contributed by atoms with van der Waals surface area (Å²) in [5.74, 6) is 0. The molecule has 4 heteroatoms. The van der Waals surface area contributed by atoms with Crippen molar-refractivity contribution in [3.63, 3.8) is 0 Å². The quantitative estimate of drug-likeness (QED) is 0.861. The van der Waals surface area contributed by atoms with Gasteiger partial charge in [0.25, 0.3) is 0 Å². The summed E-state index contributed by atoms with van der Waals surface area (Å²) in [7, 11) is -3.11. The lowest BCUT2D eigenvalue weighted by atomic mass is 10.2. The summed E-state index contributed by atoms with van der Waals surface area (Å²) in [6.07, 6.45) is 1.22. The Hall–Kier alpha value is -1.26. The zero-order valence-electron chi connectivity index (χ0n) is 10.3. The van der Waals surface area contributed by atoms with Gasteiger partial charge in [-0.15, -0.1) is 0 Å². The van der Waals surface area contributed by atoms with Crippen LogP contribution in [0.15, 0.2) is 63.2 Å². The van der Waals surface area contributed by atoms with E-state index >= 15 is 0 Å². The van der Waals surface area contributed by atoms with E-state index in [4.69, 9.17) is 0 Å². The fourth-order valence-corrected chi connectivity index (χ4v) is 2.94. The lowest BCUT2D eigenvalue weighted by molar-refractivity contribution is 0.602. The highest BCUT2D eigenvalue weighted by Gasteiger charge is 2.06. The molecule has 0 aliphatic rings. The van der Waals surface area contributed by atoms with Crippen molar-refractivity contribution < 1.29 is 8.42 Å². The number of rotatable bonds is 3. The van der Waals surface area contributed by atoms with E-state index in [2.05, 4.69) is 31.2 Å². The summed E-state index contributed by atoms with van der Waals surface area (Å²) in [4.78, 5) is 2.54. The average molecular weight is 278 g/mol. The van der Waals surface area contributed by atoms with Crippen molar-refractivity contribution in [2.45, 2.75) is 21.6 Å². The topological polar surface area (TPSA) is 34.1 Å². The molecule has 2 aromatic carbocycles. The van der Waals surface area contributed by atoms with Crippen LogP contribution in [0, 0.1) is 6.92 Å². The Bertz CT molecular complexity index is 626. The molecule has 0 atom stereocenters. The molecule has 0 amide bonds. The van der Waals surface area contributed by atoms with Gasteiger partial charge in [-0.3, -0.25) is 0 Å². The minimum Gasteiger partial charge on any atom is -0.224 e. The monoisotopic (exact) mass is 278 g/mol. The third kappa shape index (κ3) is 3.37. The van der Waals surface area contributed by atoms with Crippen LogP contribution in [-0.4, -0.2) is 14.7 Å². The van der Waals surface area contributed by atoms with E-state index in [0.717, 1.165) is 9.79 Å². The van der Waals surface area contributed by atoms with Gasteiger partial charge in [-0.1, -0.05) is 29.5 Å². The van der Waals surface area contributed by atoms with Crippen LogP contribution in [0.1, 0.15) is 5.56 Å². The van der Waals surface area contributed by atoms with Crippen molar-refractivity contribution in [1.82, 2.24) is 0 Å². The van der Waals surface area contributed by atoms with Crippen LogP contribution in [0.3, 0.4) is 0 Å². The van der Waals surface area contributed by atoms with Gasteiger partial charge in [0, 0.05) is 16.0 Å². The third-order valence-electron chi connectivity index (χ3n) is 2.51. The van der Waals surface area contributed by atoms with Crippen molar-refractivity contribution in [2.24, 2.45) is 0 Å². The molecular formula is C14H14O2S2.